The van der Waals surface area contributed by atoms with Crippen LogP contribution in [0, 0.1) is 17.8 Å². The number of hydrogen-bond donors (Lipinski definition) is 1. The monoisotopic (exact) mass is 282 g/mol. The minimum Gasteiger partial charge on any atom is -0.388 e. The van der Waals surface area contributed by atoms with E-state index in [1.165, 1.54) is 49.7 Å². The number of nitrogens with zero attached hydrogens (tertiary/aromatic N) is 2. The standard InChI is InChI=1S/C18H22N2O/c21-18(15-8-11-1-2-13(15)7-11)17-14(12-3-4-12)5-6-20-10-19-9-16(17)20/h5-6,9-13,15,18,21H,1-4,7-8H2/t11?,13-,15-,18-/m0/s1. The summed E-state index contributed by atoms with van der Waals surface area (Å²) in [6.45, 7) is 0. The summed E-state index contributed by atoms with van der Waals surface area (Å²) in [6.07, 6.45) is 13.4. The Morgan fingerprint density at radius 3 is 2.81 bits per heavy atom. The fourth-order valence-electron chi connectivity index (χ4n) is 5.00. The molecule has 3 heteroatoms. The van der Waals surface area contributed by atoms with Crippen LogP contribution in [-0.2, 0) is 0 Å². The Balaban J connectivity index is 1.61. The number of imidazole rings is 1. The molecule has 1 N–H and O–H groups in total. The predicted molar refractivity (Wildman–Crippen MR) is 81.1 cm³/mol. The van der Waals surface area contributed by atoms with Gasteiger partial charge in [0.15, 0.2) is 0 Å². The molecule has 0 saturated heterocycles. The van der Waals surface area contributed by atoms with Crippen molar-refractivity contribution in [1.29, 1.82) is 0 Å². The van der Waals surface area contributed by atoms with Crippen molar-refractivity contribution >= 4 is 5.52 Å². The molecule has 5 rings (SSSR count). The molecule has 4 atom stereocenters. The zero-order chi connectivity index (χ0) is 14.0. The highest BCUT2D eigenvalue weighted by Gasteiger charge is 2.44. The van der Waals surface area contributed by atoms with Crippen molar-refractivity contribution in [3.8, 4) is 0 Å². The molecule has 21 heavy (non-hydrogen) atoms. The highest BCUT2D eigenvalue weighted by molar-refractivity contribution is 5.59. The van der Waals surface area contributed by atoms with Crippen LogP contribution in [0.4, 0.5) is 0 Å². The molecule has 0 aromatic carbocycles. The molecule has 3 nitrogen and oxygen atoms in total. The summed E-state index contributed by atoms with van der Waals surface area (Å²) >= 11 is 0. The van der Waals surface area contributed by atoms with Gasteiger partial charge in [-0.25, -0.2) is 4.98 Å². The lowest BCUT2D eigenvalue weighted by Crippen LogP contribution is -2.20. The predicted octanol–water partition coefficient (Wildman–Crippen LogP) is 3.68. The summed E-state index contributed by atoms with van der Waals surface area (Å²) in [7, 11) is 0. The van der Waals surface area contributed by atoms with Gasteiger partial charge in [0.2, 0.25) is 0 Å². The van der Waals surface area contributed by atoms with Crippen molar-refractivity contribution in [2.45, 2.75) is 50.5 Å². The average Bonchev–Trinajstić information content (AvgIpc) is 2.93. The quantitative estimate of drug-likeness (QED) is 0.932. The highest BCUT2D eigenvalue weighted by Crippen LogP contribution is 2.54. The molecule has 0 spiro atoms. The van der Waals surface area contributed by atoms with Crippen molar-refractivity contribution < 1.29 is 5.11 Å². The molecular weight excluding hydrogens is 260 g/mol. The Kier molecular flexibility index (Phi) is 2.52. The average molecular weight is 282 g/mol. The van der Waals surface area contributed by atoms with Crippen LogP contribution in [-0.4, -0.2) is 14.5 Å². The molecule has 0 radical (unpaired) electrons. The van der Waals surface area contributed by atoms with E-state index in [0.29, 0.717) is 11.8 Å². The summed E-state index contributed by atoms with van der Waals surface area (Å²) in [5, 5.41) is 11.2. The maximum Gasteiger partial charge on any atom is 0.0992 e. The van der Waals surface area contributed by atoms with Crippen LogP contribution in [0.3, 0.4) is 0 Å². The third-order valence-corrected chi connectivity index (χ3v) is 6.18. The van der Waals surface area contributed by atoms with Crippen molar-refractivity contribution in [2.75, 3.05) is 0 Å². The smallest absolute Gasteiger partial charge is 0.0992 e. The molecule has 1 unspecified atom stereocenters. The lowest BCUT2D eigenvalue weighted by Gasteiger charge is -2.29. The molecule has 110 valence electrons. The van der Waals surface area contributed by atoms with E-state index in [1.54, 1.807) is 0 Å². The Morgan fingerprint density at radius 1 is 1.19 bits per heavy atom. The first kappa shape index (κ1) is 12.2. The third kappa shape index (κ3) is 1.80. The molecule has 3 aliphatic rings. The second-order valence-electron chi connectivity index (χ2n) is 7.43. The number of fused-ring (bicyclic) bond motifs is 3. The Bertz CT molecular complexity index is 688. The molecule has 3 fully saturated rings. The van der Waals surface area contributed by atoms with E-state index in [2.05, 4.69) is 21.6 Å². The van der Waals surface area contributed by atoms with Crippen molar-refractivity contribution in [2.24, 2.45) is 17.8 Å². The van der Waals surface area contributed by atoms with E-state index in [4.69, 9.17) is 0 Å². The van der Waals surface area contributed by atoms with E-state index in [1.807, 2.05) is 12.5 Å². The molecule has 3 saturated carbocycles. The van der Waals surface area contributed by atoms with Crippen LogP contribution in [0.5, 0.6) is 0 Å². The topological polar surface area (TPSA) is 37.5 Å². The minimum atomic E-state index is -0.295. The highest BCUT2D eigenvalue weighted by atomic mass is 16.3. The van der Waals surface area contributed by atoms with E-state index in [0.717, 1.165) is 17.4 Å². The third-order valence-electron chi connectivity index (χ3n) is 6.18. The maximum absolute atomic E-state index is 11.2. The fraction of sp³-hybridized carbons (Fsp3) is 0.611. The van der Waals surface area contributed by atoms with Gasteiger partial charge in [-0.05, 0) is 67.4 Å². The maximum atomic E-state index is 11.2. The number of aromatic nitrogens is 2. The van der Waals surface area contributed by atoms with Crippen LogP contribution in [0.1, 0.15) is 61.7 Å². The zero-order valence-electron chi connectivity index (χ0n) is 12.3. The number of hydrogen-bond acceptors (Lipinski definition) is 2. The van der Waals surface area contributed by atoms with Crippen molar-refractivity contribution in [3.63, 3.8) is 0 Å². The van der Waals surface area contributed by atoms with Gasteiger partial charge in [0.25, 0.3) is 0 Å². The zero-order valence-corrected chi connectivity index (χ0v) is 12.3. The lowest BCUT2D eigenvalue weighted by atomic mass is 9.80. The van der Waals surface area contributed by atoms with E-state index >= 15 is 0 Å². The van der Waals surface area contributed by atoms with Gasteiger partial charge in [0.05, 0.1) is 24.1 Å². The molecule has 0 aliphatic heterocycles. The van der Waals surface area contributed by atoms with Gasteiger partial charge < -0.3 is 9.51 Å². The second kappa shape index (κ2) is 4.33. The largest absolute Gasteiger partial charge is 0.388 e. The Hall–Kier alpha value is -1.35. The molecule has 2 aromatic rings. The number of rotatable bonds is 3. The van der Waals surface area contributed by atoms with Gasteiger partial charge in [-0.1, -0.05) is 6.42 Å². The van der Waals surface area contributed by atoms with Gasteiger partial charge in [-0.15, -0.1) is 0 Å². The number of aliphatic hydroxyl groups is 1. The van der Waals surface area contributed by atoms with Gasteiger partial charge >= 0.3 is 0 Å². The van der Waals surface area contributed by atoms with Gasteiger partial charge in [0, 0.05) is 11.8 Å². The van der Waals surface area contributed by atoms with Crippen molar-refractivity contribution in [3.05, 3.63) is 35.9 Å². The summed E-state index contributed by atoms with van der Waals surface area (Å²) in [6, 6.07) is 2.22. The Morgan fingerprint density at radius 2 is 2.10 bits per heavy atom. The first-order valence-corrected chi connectivity index (χ1v) is 8.44. The molecule has 3 aliphatic carbocycles. The summed E-state index contributed by atoms with van der Waals surface area (Å²) in [4.78, 5) is 4.29. The van der Waals surface area contributed by atoms with Gasteiger partial charge in [-0.3, -0.25) is 0 Å². The first-order chi connectivity index (χ1) is 10.3. The second-order valence-corrected chi connectivity index (χ2v) is 7.43. The first-order valence-electron chi connectivity index (χ1n) is 8.44. The molecule has 2 heterocycles. The van der Waals surface area contributed by atoms with E-state index in [9.17, 15) is 5.11 Å². The molecular formula is C18H22N2O. The summed E-state index contributed by atoms with van der Waals surface area (Å²) < 4.78 is 2.07. The number of aliphatic hydroxyl groups excluding tert-OH is 1. The normalized spacial score (nSPS) is 32.9. The van der Waals surface area contributed by atoms with Crippen LogP contribution in [0.15, 0.2) is 24.8 Å². The van der Waals surface area contributed by atoms with Crippen LogP contribution >= 0.6 is 0 Å². The van der Waals surface area contributed by atoms with Crippen LogP contribution in [0.2, 0.25) is 0 Å². The summed E-state index contributed by atoms with van der Waals surface area (Å²) in [5.74, 6) is 2.78. The van der Waals surface area contributed by atoms with Crippen LogP contribution < -0.4 is 0 Å². The SMILES string of the molecule is O[C@H](c1c(C2CC2)ccn2cncc12)[C@H]1CC2CC[C@H]1C2. The summed E-state index contributed by atoms with van der Waals surface area (Å²) in [5.41, 5.74) is 3.70. The molecule has 2 bridgehead atoms. The minimum absolute atomic E-state index is 0.295. The molecule has 0 amide bonds. The van der Waals surface area contributed by atoms with Gasteiger partial charge in [0.1, 0.15) is 0 Å². The van der Waals surface area contributed by atoms with E-state index < -0.39 is 0 Å². The Labute approximate surface area is 125 Å². The molecule has 2 aromatic heterocycles. The van der Waals surface area contributed by atoms with E-state index in [-0.39, 0.29) is 6.10 Å². The van der Waals surface area contributed by atoms with Crippen molar-refractivity contribution in [1.82, 2.24) is 9.38 Å². The van der Waals surface area contributed by atoms with Crippen LogP contribution in [0.25, 0.3) is 5.52 Å². The number of pyridine rings is 1. The van der Waals surface area contributed by atoms with Gasteiger partial charge in [-0.2, -0.15) is 0 Å². The lowest BCUT2D eigenvalue weighted by molar-refractivity contribution is 0.0747. The fourth-order valence-corrected chi connectivity index (χ4v) is 5.00.